The number of carbonyl (C=O) groups is 1. The lowest BCUT2D eigenvalue weighted by molar-refractivity contribution is 0.0452. The molecule has 2 aromatic heterocycles. The molecule has 9 nitrogen and oxygen atoms in total. The molecule has 0 aliphatic rings. The predicted molar refractivity (Wildman–Crippen MR) is 107 cm³/mol. The first-order valence-corrected chi connectivity index (χ1v) is 8.86. The first kappa shape index (κ1) is 19.0. The van der Waals surface area contributed by atoms with E-state index in [-0.39, 0.29) is 35.8 Å². The summed E-state index contributed by atoms with van der Waals surface area (Å²) in [4.78, 5) is 28.7. The van der Waals surface area contributed by atoms with Gasteiger partial charge in [-0.05, 0) is 36.4 Å². The number of hydrogen-bond donors (Lipinski definition) is 2. The van der Waals surface area contributed by atoms with E-state index < -0.39 is 5.97 Å². The Bertz CT molecular complexity index is 1160. The fourth-order valence-corrected chi connectivity index (χ4v) is 2.67. The Morgan fingerprint density at radius 2 is 1.83 bits per heavy atom. The number of anilines is 3. The molecule has 150 valence electrons. The number of nitrogens with zero attached hydrogens (tertiary/aromatic N) is 5. The second-order valence-electron chi connectivity index (χ2n) is 6.13. The maximum absolute atomic E-state index is 13.0. The molecule has 4 rings (SSSR count). The van der Waals surface area contributed by atoms with Crippen LogP contribution in [0.1, 0.15) is 16.3 Å². The molecule has 30 heavy (non-hydrogen) atoms. The Kier molecular flexibility index (Phi) is 5.29. The third-order valence-corrected chi connectivity index (χ3v) is 4.01. The number of carbonyl (C=O) groups excluding carboxylic acids is 1. The highest BCUT2D eigenvalue weighted by atomic mass is 19.1. The Morgan fingerprint density at radius 1 is 1.07 bits per heavy atom. The number of ether oxygens (including phenoxy) is 1. The summed E-state index contributed by atoms with van der Waals surface area (Å²) >= 11 is 0. The molecule has 2 aromatic carbocycles. The minimum atomic E-state index is -0.594. The van der Waals surface area contributed by atoms with E-state index in [0.717, 1.165) is 5.69 Å². The molecule has 0 spiro atoms. The van der Waals surface area contributed by atoms with Crippen LogP contribution in [0.4, 0.5) is 22.0 Å². The summed E-state index contributed by atoms with van der Waals surface area (Å²) in [5.41, 5.74) is 7.32. The van der Waals surface area contributed by atoms with Crippen molar-refractivity contribution in [3.63, 3.8) is 0 Å². The van der Waals surface area contributed by atoms with E-state index in [1.807, 2.05) is 30.3 Å². The van der Waals surface area contributed by atoms with Crippen LogP contribution in [0.15, 0.2) is 67.1 Å². The Balaban J connectivity index is 1.46. The number of hydrogen-bond acceptors (Lipinski definition) is 8. The molecule has 0 saturated carbocycles. The zero-order valence-corrected chi connectivity index (χ0v) is 15.6. The van der Waals surface area contributed by atoms with Crippen LogP contribution >= 0.6 is 0 Å². The minimum absolute atomic E-state index is 0.0463. The normalized spacial score (nSPS) is 10.6. The summed E-state index contributed by atoms with van der Waals surface area (Å²) in [6.07, 6.45) is 2.94. The van der Waals surface area contributed by atoms with Crippen molar-refractivity contribution in [3.8, 4) is 5.69 Å². The van der Waals surface area contributed by atoms with Crippen LogP contribution in [0.5, 0.6) is 0 Å². The van der Waals surface area contributed by atoms with Crippen molar-refractivity contribution in [1.29, 1.82) is 0 Å². The number of nitrogen functional groups attached to an aromatic ring is 1. The van der Waals surface area contributed by atoms with E-state index in [0.29, 0.717) is 5.69 Å². The summed E-state index contributed by atoms with van der Waals surface area (Å²) in [6, 6.07) is 14.9. The zero-order valence-electron chi connectivity index (χ0n) is 15.6. The lowest BCUT2D eigenvalue weighted by atomic mass is 10.3. The van der Waals surface area contributed by atoms with Crippen molar-refractivity contribution in [2.75, 3.05) is 11.1 Å². The number of imidazole rings is 1. The molecule has 0 saturated heterocycles. The van der Waals surface area contributed by atoms with Gasteiger partial charge in [-0.25, -0.2) is 14.2 Å². The van der Waals surface area contributed by atoms with E-state index in [9.17, 15) is 9.18 Å². The van der Waals surface area contributed by atoms with Crippen LogP contribution in [0.25, 0.3) is 5.69 Å². The molecule has 0 radical (unpaired) electrons. The molecule has 0 unspecified atom stereocenters. The fourth-order valence-electron chi connectivity index (χ4n) is 2.67. The fraction of sp³-hybridized carbons (Fsp3) is 0.0500. The van der Waals surface area contributed by atoms with Gasteiger partial charge in [0.05, 0.1) is 12.5 Å². The summed E-state index contributed by atoms with van der Waals surface area (Å²) in [5.74, 6) is -0.697. The summed E-state index contributed by atoms with van der Waals surface area (Å²) in [7, 11) is 0. The van der Waals surface area contributed by atoms with Crippen molar-refractivity contribution in [3.05, 3.63) is 84.5 Å². The average molecular weight is 405 g/mol. The molecule has 10 heteroatoms. The van der Waals surface area contributed by atoms with Crippen LogP contribution in [-0.4, -0.2) is 30.5 Å². The van der Waals surface area contributed by atoms with Crippen LogP contribution in [0.3, 0.4) is 0 Å². The van der Waals surface area contributed by atoms with Gasteiger partial charge in [-0.15, -0.1) is 0 Å². The van der Waals surface area contributed by atoms with Crippen LogP contribution in [-0.2, 0) is 11.3 Å². The van der Waals surface area contributed by atoms with E-state index in [1.54, 1.807) is 4.57 Å². The summed E-state index contributed by atoms with van der Waals surface area (Å²) in [5, 5.41) is 2.89. The van der Waals surface area contributed by atoms with Gasteiger partial charge in [0.15, 0.2) is 18.1 Å². The van der Waals surface area contributed by atoms with Crippen molar-refractivity contribution in [2.45, 2.75) is 6.61 Å². The molecule has 0 bridgehead atoms. The second kappa shape index (κ2) is 8.35. The van der Waals surface area contributed by atoms with E-state index >= 15 is 0 Å². The van der Waals surface area contributed by atoms with Crippen LogP contribution in [0, 0.1) is 5.82 Å². The summed E-state index contributed by atoms with van der Waals surface area (Å²) < 4.78 is 20.0. The average Bonchev–Trinajstić information content (AvgIpc) is 3.24. The molecule has 2 heterocycles. The minimum Gasteiger partial charge on any atom is -0.453 e. The number of benzene rings is 2. The third-order valence-electron chi connectivity index (χ3n) is 4.01. The van der Waals surface area contributed by atoms with E-state index in [2.05, 4.69) is 25.3 Å². The van der Waals surface area contributed by atoms with Crippen LogP contribution in [0.2, 0.25) is 0 Å². The highest BCUT2D eigenvalue weighted by molar-refractivity contribution is 5.88. The number of nitrogens with one attached hydrogen (secondary N) is 1. The molecule has 4 aromatic rings. The Morgan fingerprint density at radius 3 is 2.60 bits per heavy atom. The van der Waals surface area contributed by atoms with Gasteiger partial charge in [0, 0.05) is 11.4 Å². The molecular formula is C20H16FN7O2. The summed E-state index contributed by atoms with van der Waals surface area (Å²) in [6.45, 7) is -0.219. The topological polar surface area (TPSA) is 121 Å². The number of nitrogens with two attached hydrogens (primary N) is 1. The molecular weight excluding hydrogens is 389 g/mol. The SMILES string of the molecule is Nc1nc(COC(=O)c2cncn2-c2ccccc2)nc(Nc2ccc(F)cc2)n1. The lowest BCUT2D eigenvalue weighted by Gasteiger charge is -2.09. The van der Waals surface area contributed by atoms with Gasteiger partial charge in [0.1, 0.15) is 5.82 Å². The van der Waals surface area contributed by atoms with Crippen molar-refractivity contribution in [1.82, 2.24) is 24.5 Å². The van der Waals surface area contributed by atoms with Gasteiger partial charge >= 0.3 is 5.97 Å². The molecule has 0 amide bonds. The smallest absolute Gasteiger partial charge is 0.357 e. The van der Waals surface area contributed by atoms with Gasteiger partial charge in [-0.2, -0.15) is 15.0 Å². The lowest BCUT2D eigenvalue weighted by Crippen LogP contribution is -2.13. The van der Waals surface area contributed by atoms with Gasteiger partial charge < -0.3 is 15.8 Å². The molecule has 0 atom stereocenters. The van der Waals surface area contributed by atoms with E-state index in [4.69, 9.17) is 10.5 Å². The van der Waals surface area contributed by atoms with Crippen LogP contribution < -0.4 is 11.1 Å². The first-order chi connectivity index (χ1) is 14.6. The van der Waals surface area contributed by atoms with Crippen molar-refractivity contribution < 1.29 is 13.9 Å². The second-order valence-corrected chi connectivity index (χ2v) is 6.13. The molecule has 0 aliphatic heterocycles. The zero-order chi connectivity index (χ0) is 20.9. The molecule has 3 N–H and O–H groups in total. The highest BCUT2D eigenvalue weighted by Crippen LogP contribution is 2.15. The van der Waals surface area contributed by atoms with E-state index in [1.165, 1.54) is 36.8 Å². The molecule has 0 fully saturated rings. The maximum atomic E-state index is 13.0. The quantitative estimate of drug-likeness (QED) is 0.470. The largest absolute Gasteiger partial charge is 0.453 e. The Labute approximate surface area is 170 Å². The number of para-hydroxylation sites is 1. The number of rotatable bonds is 6. The number of esters is 1. The van der Waals surface area contributed by atoms with Gasteiger partial charge in [0.25, 0.3) is 0 Å². The van der Waals surface area contributed by atoms with Crippen molar-refractivity contribution in [2.24, 2.45) is 0 Å². The van der Waals surface area contributed by atoms with Gasteiger partial charge in [-0.3, -0.25) is 4.57 Å². The van der Waals surface area contributed by atoms with Gasteiger partial charge in [0.2, 0.25) is 11.9 Å². The Hall–Kier alpha value is -4.34. The number of halogens is 1. The predicted octanol–water partition coefficient (Wildman–Crippen LogP) is 2.88. The first-order valence-electron chi connectivity index (χ1n) is 8.86. The van der Waals surface area contributed by atoms with Gasteiger partial charge in [-0.1, -0.05) is 18.2 Å². The highest BCUT2D eigenvalue weighted by Gasteiger charge is 2.16. The maximum Gasteiger partial charge on any atom is 0.357 e. The van der Waals surface area contributed by atoms with Crippen molar-refractivity contribution >= 4 is 23.6 Å². The standard InChI is InChI=1S/C20H16FN7O2/c21-13-6-8-14(9-7-13)24-20-26-17(25-19(22)27-20)11-30-18(29)16-10-23-12-28(16)15-4-2-1-3-5-15/h1-10,12H,11H2,(H3,22,24,25,26,27). The monoisotopic (exact) mass is 405 g/mol. The third kappa shape index (κ3) is 4.38. The molecule has 0 aliphatic carbocycles. The number of aromatic nitrogens is 5.